The Morgan fingerprint density at radius 1 is 1.29 bits per heavy atom. The number of fused-ring (bicyclic) bond motifs is 1. The van der Waals surface area contributed by atoms with Crippen molar-refractivity contribution in [3.63, 3.8) is 0 Å². The average Bonchev–Trinajstić information content (AvgIpc) is 2.87. The largest absolute Gasteiger partial charge is 0.481 e. The predicted molar refractivity (Wildman–Crippen MR) is 82.4 cm³/mol. The molecule has 0 unspecified atom stereocenters. The Morgan fingerprint density at radius 2 is 2.05 bits per heavy atom. The Morgan fingerprint density at radius 3 is 2.76 bits per heavy atom. The number of carbonyl (C=O) groups is 2. The van der Waals surface area contributed by atoms with Gasteiger partial charge in [-0.1, -0.05) is 12.1 Å². The fraction of sp³-hybridized carbons (Fsp3) is 0.400. The number of hydrogen-bond donors (Lipinski definition) is 1. The van der Waals surface area contributed by atoms with Gasteiger partial charge in [-0.2, -0.15) is 0 Å². The van der Waals surface area contributed by atoms with Gasteiger partial charge in [0.05, 0.1) is 21.6 Å². The summed E-state index contributed by atoms with van der Waals surface area (Å²) in [5, 5.41) is 9.63. The van der Waals surface area contributed by atoms with Crippen LogP contribution in [0.5, 0.6) is 0 Å². The quantitative estimate of drug-likeness (QED) is 0.853. The number of amides is 1. The standard InChI is InChI=1S/C15H18N2O3S/c1-17(10-9-15(19)20)14(18)8-4-7-13-16-11-5-2-3-6-12(11)21-13/h2-3,5-6H,4,7-10H2,1H3,(H,19,20). The Balaban J connectivity index is 1.78. The summed E-state index contributed by atoms with van der Waals surface area (Å²) in [6.07, 6.45) is 1.92. The summed E-state index contributed by atoms with van der Waals surface area (Å²) < 4.78 is 1.16. The first-order chi connectivity index (χ1) is 10.1. The molecule has 2 aromatic rings. The number of nitrogens with zero attached hydrogens (tertiary/aromatic N) is 2. The van der Waals surface area contributed by atoms with Gasteiger partial charge in [-0.05, 0) is 25.0 Å². The van der Waals surface area contributed by atoms with Crippen LogP contribution in [0.15, 0.2) is 24.3 Å². The van der Waals surface area contributed by atoms with E-state index in [4.69, 9.17) is 5.11 Å². The monoisotopic (exact) mass is 306 g/mol. The van der Waals surface area contributed by atoms with E-state index in [2.05, 4.69) is 4.98 Å². The summed E-state index contributed by atoms with van der Waals surface area (Å²) in [7, 11) is 1.64. The summed E-state index contributed by atoms with van der Waals surface area (Å²) in [6, 6.07) is 7.99. The topological polar surface area (TPSA) is 70.5 Å². The summed E-state index contributed by atoms with van der Waals surface area (Å²) in [5.74, 6) is -0.901. The van der Waals surface area contributed by atoms with Gasteiger partial charge in [0.25, 0.3) is 0 Å². The number of hydrogen-bond acceptors (Lipinski definition) is 4. The van der Waals surface area contributed by atoms with Crippen molar-refractivity contribution in [2.24, 2.45) is 0 Å². The third-order valence-electron chi connectivity index (χ3n) is 3.21. The number of rotatable bonds is 7. The lowest BCUT2D eigenvalue weighted by Gasteiger charge is -2.15. The minimum absolute atomic E-state index is 0.0138. The van der Waals surface area contributed by atoms with E-state index in [9.17, 15) is 9.59 Å². The molecule has 21 heavy (non-hydrogen) atoms. The predicted octanol–water partition coefficient (Wildman–Crippen LogP) is 2.55. The van der Waals surface area contributed by atoms with Crippen LogP contribution in [-0.2, 0) is 16.0 Å². The molecule has 6 heteroatoms. The fourth-order valence-corrected chi connectivity index (χ4v) is 3.01. The lowest BCUT2D eigenvalue weighted by atomic mass is 10.2. The third kappa shape index (κ3) is 4.53. The van der Waals surface area contributed by atoms with Crippen LogP contribution >= 0.6 is 11.3 Å². The molecule has 0 bridgehead atoms. The van der Waals surface area contributed by atoms with E-state index in [1.807, 2.05) is 24.3 Å². The van der Waals surface area contributed by atoms with Gasteiger partial charge in [0.15, 0.2) is 0 Å². The van der Waals surface area contributed by atoms with Crippen molar-refractivity contribution in [2.45, 2.75) is 25.7 Å². The normalized spacial score (nSPS) is 10.7. The molecule has 0 fully saturated rings. The molecule has 1 N–H and O–H groups in total. The number of aliphatic carboxylic acids is 1. The van der Waals surface area contributed by atoms with Crippen LogP contribution in [0.4, 0.5) is 0 Å². The molecule has 0 atom stereocenters. The molecule has 0 aliphatic rings. The van der Waals surface area contributed by atoms with Gasteiger partial charge in [-0.15, -0.1) is 11.3 Å². The van der Waals surface area contributed by atoms with Crippen LogP contribution in [0, 0.1) is 0 Å². The minimum Gasteiger partial charge on any atom is -0.481 e. The highest BCUT2D eigenvalue weighted by molar-refractivity contribution is 7.18. The van der Waals surface area contributed by atoms with Gasteiger partial charge < -0.3 is 10.0 Å². The van der Waals surface area contributed by atoms with Crippen molar-refractivity contribution >= 4 is 33.4 Å². The lowest BCUT2D eigenvalue weighted by molar-refractivity contribution is -0.138. The van der Waals surface area contributed by atoms with Crippen molar-refractivity contribution in [2.75, 3.05) is 13.6 Å². The molecule has 0 saturated carbocycles. The molecular weight excluding hydrogens is 288 g/mol. The number of carbonyl (C=O) groups excluding carboxylic acids is 1. The van der Waals surface area contributed by atoms with Crippen molar-refractivity contribution in [3.8, 4) is 0 Å². The number of para-hydroxylation sites is 1. The average molecular weight is 306 g/mol. The van der Waals surface area contributed by atoms with Gasteiger partial charge in [-0.25, -0.2) is 4.98 Å². The highest BCUT2D eigenvalue weighted by Crippen LogP contribution is 2.22. The molecule has 0 aliphatic heterocycles. The molecule has 0 aliphatic carbocycles. The number of thiazole rings is 1. The summed E-state index contributed by atoms with van der Waals surface area (Å²) in [5.41, 5.74) is 1.00. The summed E-state index contributed by atoms with van der Waals surface area (Å²) in [4.78, 5) is 28.3. The molecular formula is C15H18N2O3S. The van der Waals surface area contributed by atoms with Gasteiger partial charge in [-0.3, -0.25) is 9.59 Å². The number of aromatic nitrogens is 1. The number of carboxylic acid groups (broad SMARTS) is 1. The molecule has 1 heterocycles. The fourth-order valence-electron chi connectivity index (χ4n) is 2.00. The van der Waals surface area contributed by atoms with Gasteiger partial charge >= 0.3 is 5.97 Å². The molecule has 5 nitrogen and oxygen atoms in total. The van der Waals surface area contributed by atoms with Crippen molar-refractivity contribution in [1.29, 1.82) is 0 Å². The lowest BCUT2D eigenvalue weighted by Crippen LogP contribution is -2.28. The van der Waals surface area contributed by atoms with Crippen LogP contribution < -0.4 is 0 Å². The first-order valence-corrected chi connectivity index (χ1v) is 7.68. The molecule has 0 saturated heterocycles. The molecule has 2 rings (SSSR count). The molecule has 112 valence electrons. The highest BCUT2D eigenvalue weighted by atomic mass is 32.1. The Labute approximate surface area is 127 Å². The van der Waals surface area contributed by atoms with E-state index in [1.54, 1.807) is 18.4 Å². The third-order valence-corrected chi connectivity index (χ3v) is 4.30. The van der Waals surface area contributed by atoms with E-state index >= 15 is 0 Å². The zero-order chi connectivity index (χ0) is 15.2. The van der Waals surface area contributed by atoms with E-state index in [0.29, 0.717) is 6.42 Å². The first-order valence-electron chi connectivity index (χ1n) is 6.86. The number of carboxylic acids is 1. The van der Waals surface area contributed by atoms with Crippen LogP contribution in [0.1, 0.15) is 24.3 Å². The second-order valence-corrected chi connectivity index (χ2v) is 6.00. The second kappa shape index (κ2) is 7.17. The van der Waals surface area contributed by atoms with Gasteiger partial charge in [0, 0.05) is 20.0 Å². The number of benzene rings is 1. The summed E-state index contributed by atoms with van der Waals surface area (Å²) in [6.45, 7) is 0.259. The maximum absolute atomic E-state index is 11.8. The van der Waals surface area contributed by atoms with Crippen molar-refractivity contribution in [1.82, 2.24) is 9.88 Å². The molecule has 1 aromatic heterocycles. The van der Waals surface area contributed by atoms with E-state index in [1.165, 1.54) is 4.90 Å². The molecule has 0 spiro atoms. The smallest absolute Gasteiger partial charge is 0.305 e. The number of aryl methyl sites for hydroxylation is 1. The SMILES string of the molecule is CN(CCC(=O)O)C(=O)CCCc1nc2ccccc2s1. The van der Waals surface area contributed by atoms with Crippen molar-refractivity contribution < 1.29 is 14.7 Å². The van der Waals surface area contributed by atoms with E-state index in [-0.39, 0.29) is 18.9 Å². The molecule has 1 amide bonds. The highest BCUT2D eigenvalue weighted by Gasteiger charge is 2.11. The Kier molecular flexibility index (Phi) is 5.27. The van der Waals surface area contributed by atoms with Crippen LogP contribution in [0.25, 0.3) is 10.2 Å². The van der Waals surface area contributed by atoms with Gasteiger partial charge in [0.2, 0.25) is 5.91 Å². The zero-order valence-electron chi connectivity index (χ0n) is 11.9. The maximum Gasteiger partial charge on any atom is 0.305 e. The zero-order valence-corrected chi connectivity index (χ0v) is 12.7. The van der Waals surface area contributed by atoms with E-state index < -0.39 is 5.97 Å². The van der Waals surface area contributed by atoms with Crippen LogP contribution in [0.2, 0.25) is 0 Å². The molecule has 0 radical (unpaired) electrons. The van der Waals surface area contributed by atoms with Gasteiger partial charge in [0.1, 0.15) is 0 Å². The van der Waals surface area contributed by atoms with Crippen molar-refractivity contribution in [3.05, 3.63) is 29.3 Å². The van der Waals surface area contributed by atoms with Crippen LogP contribution in [0.3, 0.4) is 0 Å². The molecule has 1 aromatic carbocycles. The first kappa shape index (κ1) is 15.4. The Hall–Kier alpha value is -1.95. The van der Waals surface area contributed by atoms with E-state index in [0.717, 1.165) is 28.1 Å². The Bertz CT molecular complexity index is 606. The van der Waals surface area contributed by atoms with Crippen LogP contribution in [-0.4, -0.2) is 40.5 Å². The minimum atomic E-state index is -0.885. The maximum atomic E-state index is 11.8. The second-order valence-electron chi connectivity index (χ2n) is 4.89. The summed E-state index contributed by atoms with van der Waals surface area (Å²) >= 11 is 1.66.